The molecule has 0 bridgehead atoms. The molecule has 0 aromatic heterocycles. The molecule has 2 heterocycles. The highest BCUT2D eigenvalue weighted by Crippen LogP contribution is 2.45. The second kappa shape index (κ2) is 2.90. The lowest BCUT2D eigenvalue weighted by Gasteiger charge is -2.27. The van der Waals surface area contributed by atoms with Gasteiger partial charge in [0.25, 0.3) is 0 Å². The minimum atomic E-state index is -0.878. The maximum atomic E-state index is 9.86. The molecule has 2 aliphatic heterocycles. The molecule has 0 spiro atoms. The molecule has 82 valence electrons. The highest BCUT2D eigenvalue weighted by Gasteiger charge is 2.62. The van der Waals surface area contributed by atoms with Crippen LogP contribution in [-0.4, -0.2) is 46.7 Å². The van der Waals surface area contributed by atoms with Crippen LogP contribution in [0.25, 0.3) is 0 Å². The topological polar surface area (TPSA) is 68.2 Å². The normalized spacial score (nSPS) is 50.8. The zero-order valence-corrected chi connectivity index (χ0v) is 8.56. The van der Waals surface area contributed by atoms with E-state index in [1.54, 1.807) is 20.8 Å². The Morgan fingerprint density at radius 1 is 1.29 bits per heavy atom. The highest BCUT2D eigenvalue weighted by atomic mass is 16.8. The summed E-state index contributed by atoms with van der Waals surface area (Å²) in [6, 6.07) is 0. The number of aliphatic hydroxyl groups is 2. The summed E-state index contributed by atoms with van der Waals surface area (Å²) in [6.07, 6.45) is -2.09. The molecule has 0 aliphatic carbocycles. The Morgan fingerprint density at radius 3 is 2.43 bits per heavy atom. The van der Waals surface area contributed by atoms with Gasteiger partial charge < -0.3 is 24.4 Å². The molecule has 2 aliphatic rings. The zero-order chi connectivity index (χ0) is 10.6. The standard InChI is InChI=1S/C9H16O5/c1-8(2)13-7-9(3,14-8)6(11)5(4-10)12-7/h5-7,10-11H,4H2,1-3H3/t5-,6-,7?,9-/m1/s1. The van der Waals surface area contributed by atoms with Gasteiger partial charge in [-0.25, -0.2) is 0 Å². The predicted molar refractivity (Wildman–Crippen MR) is 46.4 cm³/mol. The van der Waals surface area contributed by atoms with E-state index in [-0.39, 0.29) is 6.61 Å². The molecule has 0 aromatic carbocycles. The van der Waals surface area contributed by atoms with Gasteiger partial charge in [-0.05, 0) is 20.8 Å². The molecule has 5 nitrogen and oxygen atoms in total. The van der Waals surface area contributed by atoms with Crippen LogP contribution in [0.15, 0.2) is 0 Å². The van der Waals surface area contributed by atoms with Gasteiger partial charge >= 0.3 is 0 Å². The fourth-order valence-electron chi connectivity index (χ4n) is 2.08. The van der Waals surface area contributed by atoms with Gasteiger partial charge in [-0.3, -0.25) is 0 Å². The molecule has 2 N–H and O–H groups in total. The van der Waals surface area contributed by atoms with Crippen LogP contribution in [0.1, 0.15) is 20.8 Å². The van der Waals surface area contributed by atoms with E-state index in [1.165, 1.54) is 0 Å². The summed E-state index contributed by atoms with van der Waals surface area (Å²) in [4.78, 5) is 0. The van der Waals surface area contributed by atoms with Crippen LogP contribution in [0.2, 0.25) is 0 Å². The second-order valence-electron chi connectivity index (χ2n) is 4.44. The predicted octanol–water partition coefficient (Wildman–Crippen LogP) is -0.394. The summed E-state index contributed by atoms with van der Waals surface area (Å²) in [7, 11) is 0. The molecular formula is C9H16O5. The third-order valence-electron chi connectivity index (χ3n) is 2.74. The Bertz CT molecular complexity index is 241. The molecule has 0 aromatic rings. The van der Waals surface area contributed by atoms with Crippen molar-refractivity contribution in [1.29, 1.82) is 0 Å². The van der Waals surface area contributed by atoms with Gasteiger partial charge in [0.05, 0.1) is 6.61 Å². The third kappa shape index (κ3) is 1.28. The maximum Gasteiger partial charge on any atom is 0.192 e. The van der Waals surface area contributed by atoms with E-state index in [2.05, 4.69) is 0 Å². The van der Waals surface area contributed by atoms with Crippen molar-refractivity contribution in [2.45, 2.75) is 50.7 Å². The first-order valence-corrected chi connectivity index (χ1v) is 4.71. The van der Waals surface area contributed by atoms with Crippen molar-refractivity contribution in [3.63, 3.8) is 0 Å². The lowest BCUT2D eigenvalue weighted by molar-refractivity contribution is -0.222. The Labute approximate surface area is 82.6 Å². The number of ether oxygens (including phenoxy) is 3. The van der Waals surface area contributed by atoms with E-state index >= 15 is 0 Å². The van der Waals surface area contributed by atoms with E-state index in [0.29, 0.717) is 0 Å². The van der Waals surface area contributed by atoms with E-state index in [9.17, 15) is 5.11 Å². The van der Waals surface area contributed by atoms with Crippen molar-refractivity contribution in [2.24, 2.45) is 0 Å². The zero-order valence-electron chi connectivity index (χ0n) is 8.56. The molecule has 2 saturated heterocycles. The first-order chi connectivity index (χ1) is 6.39. The fraction of sp³-hybridized carbons (Fsp3) is 1.00. The number of fused-ring (bicyclic) bond motifs is 1. The van der Waals surface area contributed by atoms with Crippen molar-refractivity contribution in [1.82, 2.24) is 0 Å². The van der Waals surface area contributed by atoms with Crippen LogP contribution in [0.4, 0.5) is 0 Å². The summed E-state index contributed by atoms with van der Waals surface area (Å²) in [5.41, 5.74) is -0.878. The SMILES string of the molecule is CC1(C)OC2O[C@H](CO)[C@@H](O)[C@@]2(C)O1. The summed E-state index contributed by atoms with van der Waals surface area (Å²) in [5.74, 6) is -0.749. The molecule has 1 unspecified atom stereocenters. The van der Waals surface area contributed by atoms with Gasteiger partial charge in [0, 0.05) is 0 Å². The number of hydrogen-bond acceptors (Lipinski definition) is 5. The van der Waals surface area contributed by atoms with Crippen molar-refractivity contribution in [3.8, 4) is 0 Å². The van der Waals surface area contributed by atoms with Gasteiger partial charge in [-0.2, -0.15) is 0 Å². The molecule has 5 heteroatoms. The second-order valence-corrected chi connectivity index (χ2v) is 4.44. The Morgan fingerprint density at radius 2 is 1.93 bits per heavy atom. The van der Waals surface area contributed by atoms with Gasteiger partial charge in [-0.1, -0.05) is 0 Å². The van der Waals surface area contributed by atoms with Crippen LogP contribution in [0.5, 0.6) is 0 Å². The average molecular weight is 204 g/mol. The lowest BCUT2D eigenvalue weighted by Crippen LogP contribution is -2.45. The van der Waals surface area contributed by atoms with Gasteiger partial charge in [0.15, 0.2) is 12.1 Å². The van der Waals surface area contributed by atoms with Crippen LogP contribution in [0, 0.1) is 0 Å². The first kappa shape index (κ1) is 10.3. The van der Waals surface area contributed by atoms with Crippen LogP contribution >= 0.6 is 0 Å². The largest absolute Gasteiger partial charge is 0.394 e. The van der Waals surface area contributed by atoms with Crippen LogP contribution < -0.4 is 0 Å². The van der Waals surface area contributed by atoms with E-state index < -0.39 is 29.9 Å². The first-order valence-electron chi connectivity index (χ1n) is 4.71. The molecule has 0 radical (unpaired) electrons. The molecule has 4 atom stereocenters. The Balaban J connectivity index is 2.21. The molecule has 2 fully saturated rings. The van der Waals surface area contributed by atoms with Crippen molar-refractivity contribution in [3.05, 3.63) is 0 Å². The monoisotopic (exact) mass is 204 g/mol. The maximum absolute atomic E-state index is 9.86. The molecular weight excluding hydrogens is 188 g/mol. The summed E-state index contributed by atoms with van der Waals surface area (Å²) < 4.78 is 16.4. The van der Waals surface area contributed by atoms with Gasteiger partial charge in [0.1, 0.15) is 17.8 Å². The average Bonchev–Trinajstić information content (AvgIpc) is 2.42. The lowest BCUT2D eigenvalue weighted by atomic mass is 9.98. The summed E-state index contributed by atoms with van der Waals surface area (Å²) in [6.45, 7) is 5.02. The third-order valence-corrected chi connectivity index (χ3v) is 2.74. The molecule has 0 amide bonds. The van der Waals surface area contributed by atoms with Crippen LogP contribution in [0.3, 0.4) is 0 Å². The van der Waals surface area contributed by atoms with Crippen molar-refractivity contribution < 1.29 is 24.4 Å². The van der Waals surface area contributed by atoms with Crippen molar-refractivity contribution >= 4 is 0 Å². The molecule has 14 heavy (non-hydrogen) atoms. The minimum absolute atomic E-state index is 0.236. The minimum Gasteiger partial charge on any atom is -0.394 e. The number of hydrogen-bond donors (Lipinski definition) is 2. The van der Waals surface area contributed by atoms with E-state index in [1.807, 2.05) is 0 Å². The fourth-order valence-corrected chi connectivity index (χ4v) is 2.08. The van der Waals surface area contributed by atoms with Crippen LogP contribution in [-0.2, 0) is 14.2 Å². The van der Waals surface area contributed by atoms with Gasteiger partial charge in [0.2, 0.25) is 0 Å². The molecule has 0 saturated carbocycles. The number of aliphatic hydroxyl groups excluding tert-OH is 2. The van der Waals surface area contributed by atoms with E-state index in [4.69, 9.17) is 19.3 Å². The Hall–Kier alpha value is -0.200. The highest BCUT2D eigenvalue weighted by molar-refractivity contribution is 5.02. The van der Waals surface area contributed by atoms with E-state index in [0.717, 1.165) is 0 Å². The quantitative estimate of drug-likeness (QED) is 0.608. The number of rotatable bonds is 1. The van der Waals surface area contributed by atoms with Gasteiger partial charge in [-0.15, -0.1) is 0 Å². The smallest absolute Gasteiger partial charge is 0.192 e. The van der Waals surface area contributed by atoms with Crippen molar-refractivity contribution in [2.75, 3.05) is 6.61 Å². The summed E-state index contributed by atoms with van der Waals surface area (Å²) in [5, 5.41) is 18.8. The molecule has 2 rings (SSSR count). The summed E-state index contributed by atoms with van der Waals surface area (Å²) >= 11 is 0. The Kier molecular flexibility index (Phi) is 2.14.